The quantitative estimate of drug-likeness (QED) is 0.229. The van der Waals surface area contributed by atoms with E-state index < -0.39 is 12.4 Å². The van der Waals surface area contributed by atoms with Crippen molar-refractivity contribution in [1.29, 1.82) is 0 Å². The second kappa shape index (κ2) is 16.5. The van der Waals surface area contributed by atoms with Crippen LogP contribution in [0, 0.1) is 5.92 Å². The zero-order chi connectivity index (χ0) is 30.7. The van der Waals surface area contributed by atoms with E-state index in [1.165, 1.54) is 0 Å². The van der Waals surface area contributed by atoms with Crippen LogP contribution in [0.1, 0.15) is 45.4 Å². The first-order valence-electron chi connectivity index (χ1n) is 15.7. The van der Waals surface area contributed by atoms with E-state index >= 15 is 0 Å². The number of rotatable bonds is 14. The van der Waals surface area contributed by atoms with Crippen molar-refractivity contribution in [1.82, 2.24) is 0 Å². The van der Waals surface area contributed by atoms with Crippen LogP contribution in [-0.2, 0) is 28.4 Å². The molecule has 3 aliphatic heterocycles. The Bertz CT molecular complexity index is 1140. The third-order valence-electron chi connectivity index (χ3n) is 8.20. The number of anilines is 1. The monoisotopic (exact) mass is 617 g/mol. The van der Waals surface area contributed by atoms with Crippen molar-refractivity contribution in [3.63, 3.8) is 0 Å². The maximum absolute atomic E-state index is 6.60. The Morgan fingerprint density at radius 3 is 2.02 bits per heavy atom. The van der Waals surface area contributed by atoms with Gasteiger partial charge in [0.25, 0.3) is 0 Å². The molecule has 11 heteroatoms. The Morgan fingerprint density at radius 2 is 1.39 bits per heavy atom. The van der Waals surface area contributed by atoms with Gasteiger partial charge in [-0.3, -0.25) is 0 Å². The lowest BCUT2D eigenvalue weighted by Crippen LogP contribution is -2.59. The molecule has 5 rings (SSSR count). The molecule has 0 bridgehead atoms. The number of hydrogen-bond acceptors (Lipinski definition) is 11. The lowest BCUT2D eigenvalue weighted by atomic mass is 9.90. The van der Waals surface area contributed by atoms with E-state index in [0.717, 1.165) is 38.5 Å². The van der Waals surface area contributed by atoms with Gasteiger partial charge in [-0.25, -0.2) is 0 Å². The fourth-order valence-electron chi connectivity index (χ4n) is 5.74. The first-order chi connectivity index (χ1) is 21.6. The summed E-state index contributed by atoms with van der Waals surface area (Å²) < 4.78 is 61.0. The van der Waals surface area contributed by atoms with Crippen LogP contribution in [0.15, 0.2) is 42.5 Å². The molecular formula is C33H47NO10. The van der Waals surface area contributed by atoms with Crippen molar-refractivity contribution in [3.8, 4) is 23.0 Å². The summed E-state index contributed by atoms with van der Waals surface area (Å²) in [5.41, 5.74) is 6.56. The molecule has 3 saturated heterocycles. The van der Waals surface area contributed by atoms with E-state index in [1.807, 2.05) is 36.4 Å². The highest BCUT2D eigenvalue weighted by molar-refractivity contribution is 5.52. The number of benzene rings is 2. The second-order valence-electron chi connectivity index (χ2n) is 11.3. The summed E-state index contributed by atoms with van der Waals surface area (Å²) >= 11 is 0. The molecule has 0 saturated carbocycles. The number of nitrogen functional groups attached to an aromatic ring is 1. The summed E-state index contributed by atoms with van der Waals surface area (Å²) in [7, 11) is 3.21. The highest BCUT2D eigenvalue weighted by Crippen LogP contribution is 2.39. The zero-order valence-corrected chi connectivity index (χ0v) is 26.0. The number of nitrogens with two attached hydrogens (primary N) is 1. The van der Waals surface area contributed by atoms with Crippen molar-refractivity contribution >= 4 is 5.69 Å². The third kappa shape index (κ3) is 8.47. The van der Waals surface area contributed by atoms with Crippen LogP contribution >= 0.6 is 0 Å². The van der Waals surface area contributed by atoms with Gasteiger partial charge in [0.05, 0.1) is 25.0 Å². The minimum atomic E-state index is -0.685. The lowest BCUT2D eigenvalue weighted by Gasteiger charge is -2.46. The molecule has 3 fully saturated rings. The third-order valence-corrected chi connectivity index (χ3v) is 8.20. The Labute approximate surface area is 260 Å². The van der Waals surface area contributed by atoms with Gasteiger partial charge in [0.1, 0.15) is 31.7 Å². The molecule has 3 aliphatic rings. The summed E-state index contributed by atoms with van der Waals surface area (Å²) in [6.07, 6.45) is 3.25. The molecule has 3 heterocycles. The number of para-hydroxylation sites is 3. The SMILES string of the molecule is COc1cccc(OCCOc2ccccc2N)c1OCC1OC(OC)[C@H](OC2CCCCO2)[C@@H](OC2CCCCO2)[C@@H]1C. The standard InChI is InChI=1S/C33H47NO10/c1-22-27(21-41-31-25(35-2)13-10-14-26(31)38-20-19-37-24-12-5-4-11-23(24)34)42-33(36-3)32(44-29-16-7-9-18-40-29)30(22)43-28-15-6-8-17-39-28/h4-5,10-14,22,27-30,32-33H,6-9,15-21,34H2,1-3H3/t22-,27?,28?,29?,30+,32-,33?/m1/s1. The molecule has 2 N–H and O–H groups in total. The van der Waals surface area contributed by atoms with Gasteiger partial charge in [-0.2, -0.15) is 0 Å². The van der Waals surface area contributed by atoms with Gasteiger partial charge in [-0.1, -0.05) is 25.1 Å². The Hall–Kier alpha value is -2.80. The van der Waals surface area contributed by atoms with E-state index in [4.69, 9.17) is 53.1 Å². The molecule has 11 nitrogen and oxygen atoms in total. The molecule has 2 aromatic rings. The van der Waals surface area contributed by atoms with Crippen LogP contribution in [0.5, 0.6) is 23.0 Å². The average molecular weight is 618 g/mol. The van der Waals surface area contributed by atoms with Crippen LogP contribution in [0.3, 0.4) is 0 Å². The average Bonchev–Trinajstić information content (AvgIpc) is 3.06. The van der Waals surface area contributed by atoms with Crippen LogP contribution in [0.2, 0.25) is 0 Å². The second-order valence-corrected chi connectivity index (χ2v) is 11.3. The minimum absolute atomic E-state index is 0.121. The van der Waals surface area contributed by atoms with Crippen molar-refractivity contribution in [2.24, 2.45) is 5.92 Å². The number of methoxy groups -OCH3 is 2. The summed E-state index contributed by atoms with van der Waals surface area (Å²) in [6, 6.07) is 12.9. The van der Waals surface area contributed by atoms with E-state index in [-0.39, 0.29) is 43.9 Å². The maximum atomic E-state index is 6.60. The predicted molar refractivity (Wildman–Crippen MR) is 162 cm³/mol. The zero-order valence-electron chi connectivity index (χ0n) is 26.0. The molecule has 0 aromatic heterocycles. The largest absolute Gasteiger partial charge is 0.493 e. The van der Waals surface area contributed by atoms with Gasteiger partial charge in [0.15, 0.2) is 30.4 Å². The Kier molecular flexibility index (Phi) is 12.2. The number of hydrogen-bond donors (Lipinski definition) is 1. The van der Waals surface area contributed by atoms with E-state index in [2.05, 4.69) is 6.92 Å². The van der Waals surface area contributed by atoms with E-state index in [9.17, 15) is 0 Å². The summed E-state index contributed by atoms with van der Waals surface area (Å²) in [4.78, 5) is 0. The van der Waals surface area contributed by atoms with Gasteiger partial charge < -0.3 is 53.1 Å². The van der Waals surface area contributed by atoms with Gasteiger partial charge >= 0.3 is 0 Å². The summed E-state index contributed by atoms with van der Waals surface area (Å²) in [5.74, 6) is 2.04. The highest BCUT2D eigenvalue weighted by Gasteiger charge is 2.48. The molecule has 2 aromatic carbocycles. The lowest BCUT2D eigenvalue weighted by molar-refractivity contribution is -0.345. The molecule has 0 amide bonds. The van der Waals surface area contributed by atoms with Gasteiger partial charge in [-0.05, 0) is 62.8 Å². The normalized spacial score (nSPS) is 29.1. The van der Waals surface area contributed by atoms with Crippen LogP contribution < -0.4 is 24.7 Å². The van der Waals surface area contributed by atoms with Crippen molar-refractivity contribution in [3.05, 3.63) is 42.5 Å². The molecule has 0 aliphatic carbocycles. The fraction of sp³-hybridized carbons (Fsp3) is 0.636. The highest BCUT2D eigenvalue weighted by atomic mass is 16.8. The van der Waals surface area contributed by atoms with E-state index in [0.29, 0.717) is 48.5 Å². The van der Waals surface area contributed by atoms with Crippen molar-refractivity contribution in [2.75, 3.05) is 53.0 Å². The summed E-state index contributed by atoms with van der Waals surface area (Å²) in [6.45, 7) is 4.22. The first-order valence-corrected chi connectivity index (χ1v) is 15.7. The van der Waals surface area contributed by atoms with Crippen molar-refractivity contribution < 1.29 is 47.4 Å². The van der Waals surface area contributed by atoms with E-state index in [1.54, 1.807) is 20.3 Å². The predicted octanol–water partition coefficient (Wildman–Crippen LogP) is 4.95. The summed E-state index contributed by atoms with van der Waals surface area (Å²) in [5, 5.41) is 0. The van der Waals surface area contributed by atoms with Crippen LogP contribution in [0.4, 0.5) is 5.69 Å². The molecule has 244 valence electrons. The van der Waals surface area contributed by atoms with Gasteiger partial charge in [-0.15, -0.1) is 0 Å². The molecular weight excluding hydrogens is 570 g/mol. The van der Waals surface area contributed by atoms with Crippen LogP contribution in [0.25, 0.3) is 0 Å². The minimum Gasteiger partial charge on any atom is -0.493 e. The Morgan fingerprint density at radius 1 is 0.750 bits per heavy atom. The molecule has 7 atom stereocenters. The fourth-order valence-corrected chi connectivity index (χ4v) is 5.74. The van der Waals surface area contributed by atoms with Gasteiger partial charge in [0.2, 0.25) is 5.75 Å². The topological polar surface area (TPSA) is 118 Å². The smallest absolute Gasteiger partial charge is 0.203 e. The molecule has 4 unspecified atom stereocenters. The van der Waals surface area contributed by atoms with Crippen molar-refractivity contribution in [2.45, 2.75) is 82.6 Å². The first kappa shape index (κ1) is 32.6. The molecule has 44 heavy (non-hydrogen) atoms. The number of ether oxygens (including phenoxy) is 10. The maximum Gasteiger partial charge on any atom is 0.203 e. The molecule has 0 radical (unpaired) electrons. The van der Waals surface area contributed by atoms with Crippen LogP contribution in [-0.4, -0.2) is 84.4 Å². The van der Waals surface area contributed by atoms with Gasteiger partial charge in [0, 0.05) is 26.2 Å². The Balaban J connectivity index is 1.26. The molecule has 0 spiro atoms.